The van der Waals surface area contributed by atoms with E-state index < -0.39 is 0 Å². The van der Waals surface area contributed by atoms with Crippen LogP contribution in [-0.4, -0.2) is 24.7 Å². The summed E-state index contributed by atoms with van der Waals surface area (Å²) in [7, 11) is 0. The zero-order valence-corrected chi connectivity index (χ0v) is 12.4. The smallest absolute Gasteiger partial charge is 0.146 e. The van der Waals surface area contributed by atoms with Gasteiger partial charge in [-0.1, -0.05) is 6.07 Å². The third kappa shape index (κ3) is 2.54. The third-order valence-corrected chi connectivity index (χ3v) is 5.44. The van der Waals surface area contributed by atoms with E-state index in [1.54, 1.807) is 0 Å². The molecule has 1 aliphatic heterocycles. The lowest BCUT2D eigenvalue weighted by atomic mass is 9.99. The number of rotatable bonds is 4. The number of aromatic nitrogens is 1. The largest absolute Gasteiger partial charge is 0.491 e. The Morgan fingerprint density at radius 2 is 2.05 bits per heavy atom. The molecule has 1 aromatic carbocycles. The second-order valence-electron chi connectivity index (χ2n) is 5.93. The van der Waals surface area contributed by atoms with E-state index in [0.29, 0.717) is 5.92 Å². The molecular weight excluding hydrogens is 268 g/mol. The van der Waals surface area contributed by atoms with Gasteiger partial charge in [0.05, 0.1) is 16.3 Å². The van der Waals surface area contributed by atoms with Crippen LogP contribution in [0.4, 0.5) is 0 Å². The molecule has 106 valence electrons. The summed E-state index contributed by atoms with van der Waals surface area (Å²) in [5.41, 5.74) is 1.08. The second kappa shape index (κ2) is 5.34. The van der Waals surface area contributed by atoms with E-state index >= 15 is 0 Å². The van der Waals surface area contributed by atoms with Gasteiger partial charge in [-0.15, -0.1) is 11.3 Å². The molecular formula is C16H20N2OS. The number of piperidine rings is 1. The molecule has 2 heterocycles. The fourth-order valence-electron chi connectivity index (χ4n) is 2.82. The van der Waals surface area contributed by atoms with Crippen LogP contribution in [0.3, 0.4) is 0 Å². The van der Waals surface area contributed by atoms with Gasteiger partial charge in [-0.05, 0) is 56.8 Å². The quantitative estimate of drug-likeness (QED) is 0.934. The molecule has 1 aliphatic carbocycles. The van der Waals surface area contributed by atoms with Crippen LogP contribution in [0.5, 0.6) is 5.75 Å². The van der Waals surface area contributed by atoms with Gasteiger partial charge < -0.3 is 10.1 Å². The Hall–Kier alpha value is -1.13. The van der Waals surface area contributed by atoms with Gasteiger partial charge in [0.2, 0.25) is 0 Å². The van der Waals surface area contributed by atoms with E-state index in [4.69, 9.17) is 9.72 Å². The summed E-state index contributed by atoms with van der Waals surface area (Å²) < 4.78 is 7.36. The van der Waals surface area contributed by atoms with Gasteiger partial charge in [-0.2, -0.15) is 0 Å². The second-order valence-corrected chi connectivity index (χ2v) is 7.00. The molecule has 4 heteroatoms. The molecule has 0 unspecified atom stereocenters. The normalized spacial score (nSPS) is 20.4. The molecule has 0 bridgehead atoms. The van der Waals surface area contributed by atoms with Gasteiger partial charge in [-0.25, -0.2) is 4.98 Å². The van der Waals surface area contributed by atoms with E-state index in [1.165, 1.54) is 35.4 Å². The summed E-state index contributed by atoms with van der Waals surface area (Å²) in [5, 5.41) is 4.70. The van der Waals surface area contributed by atoms with Crippen LogP contribution in [0.25, 0.3) is 10.2 Å². The average Bonchev–Trinajstić information content (AvgIpc) is 3.25. The van der Waals surface area contributed by atoms with Crippen LogP contribution in [0.15, 0.2) is 18.2 Å². The molecule has 3 nitrogen and oxygen atoms in total. The summed E-state index contributed by atoms with van der Waals surface area (Å²) in [6.45, 7) is 3.08. The van der Waals surface area contributed by atoms with Crippen molar-refractivity contribution < 1.29 is 4.74 Å². The topological polar surface area (TPSA) is 34.1 Å². The van der Waals surface area contributed by atoms with Crippen LogP contribution in [0, 0.1) is 5.92 Å². The molecule has 1 aromatic heterocycles. The Bertz CT molecular complexity index is 600. The van der Waals surface area contributed by atoms with E-state index in [0.717, 1.165) is 36.9 Å². The molecule has 1 saturated carbocycles. The number of benzene rings is 1. The van der Waals surface area contributed by atoms with Crippen LogP contribution in [0.2, 0.25) is 0 Å². The van der Waals surface area contributed by atoms with Gasteiger partial charge in [0.25, 0.3) is 0 Å². The number of hydrogen-bond donors (Lipinski definition) is 1. The molecule has 2 aliphatic rings. The maximum atomic E-state index is 6.09. The molecule has 20 heavy (non-hydrogen) atoms. The highest BCUT2D eigenvalue weighted by atomic mass is 32.1. The van der Waals surface area contributed by atoms with Crippen LogP contribution in [0.1, 0.15) is 36.6 Å². The monoisotopic (exact) mass is 288 g/mol. The highest BCUT2D eigenvalue weighted by molar-refractivity contribution is 7.18. The Morgan fingerprint density at radius 3 is 2.85 bits per heavy atom. The maximum Gasteiger partial charge on any atom is 0.146 e. The number of ether oxygens (including phenoxy) is 1. The van der Waals surface area contributed by atoms with E-state index in [2.05, 4.69) is 23.5 Å². The molecule has 2 aromatic rings. The van der Waals surface area contributed by atoms with Gasteiger partial charge in [0, 0.05) is 5.92 Å². The van der Waals surface area contributed by atoms with Crippen molar-refractivity contribution in [3.8, 4) is 5.75 Å². The van der Waals surface area contributed by atoms with Gasteiger partial charge in [-0.3, -0.25) is 0 Å². The molecule has 2 fully saturated rings. The van der Waals surface area contributed by atoms with Gasteiger partial charge >= 0.3 is 0 Å². The van der Waals surface area contributed by atoms with Crippen molar-refractivity contribution >= 4 is 21.6 Å². The average molecular weight is 288 g/mol. The third-order valence-electron chi connectivity index (χ3n) is 4.26. The Balaban J connectivity index is 1.52. The molecule has 4 rings (SSSR count). The lowest BCUT2D eigenvalue weighted by molar-refractivity contribution is 0.217. The van der Waals surface area contributed by atoms with Gasteiger partial charge in [0.1, 0.15) is 11.3 Å². The lowest BCUT2D eigenvalue weighted by Crippen LogP contribution is -2.30. The summed E-state index contributed by atoms with van der Waals surface area (Å²) in [6.07, 6.45) is 5.07. The molecule has 0 spiro atoms. The fraction of sp³-hybridized carbons (Fsp3) is 0.562. The summed E-state index contributed by atoms with van der Waals surface area (Å²) >= 11 is 1.84. The fourth-order valence-corrected chi connectivity index (χ4v) is 3.97. The van der Waals surface area contributed by atoms with Crippen molar-refractivity contribution in [2.75, 3.05) is 19.7 Å². The first-order valence-corrected chi connectivity index (χ1v) is 8.45. The molecule has 0 amide bonds. The predicted octanol–water partition coefficient (Wildman–Crippen LogP) is 3.55. The Morgan fingerprint density at radius 1 is 1.20 bits per heavy atom. The van der Waals surface area contributed by atoms with Crippen molar-refractivity contribution in [3.05, 3.63) is 23.2 Å². The number of nitrogens with zero attached hydrogens (tertiary/aromatic N) is 1. The number of thiazole rings is 1. The van der Waals surface area contributed by atoms with Crippen molar-refractivity contribution in [1.29, 1.82) is 0 Å². The summed E-state index contributed by atoms with van der Waals surface area (Å²) in [5.74, 6) is 2.39. The van der Waals surface area contributed by atoms with Crippen molar-refractivity contribution in [2.24, 2.45) is 5.92 Å². The number of fused-ring (bicyclic) bond motifs is 1. The minimum Gasteiger partial charge on any atom is -0.491 e. The van der Waals surface area contributed by atoms with E-state index in [9.17, 15) is 0 Å². The molecule has 1 saturated heterocycles. The predicted molar refractivity (Wildman–Crippen MR) is 82.7 cm³/mol. The van der Waals surface area contributed by atoms with Crippen LogP contribution in [-0.2, 0) is 0 Å². The summed E-state index contributed by atoms with van der Waals surface area (Å²) in [4.78, 5) is 4.82. The van der Waals surface area contributed by atoms with Crippen molar-refractivity contribution in [2.45, 2.75) is 31.6 Å². The van der Waals surface area contributed by atoms with Crippen molar-refractivity contribution in [1.82, 2.24) is 10.3 Å². The highest BCUT2D eigenvalue weighted by Gasteiger charge is 2.27. The number of nitrogens with one attached hydrogen (secondary N) is 1. The minimum absolute atomic E-state index is 0.688. The molecule has 1 N–H and O–H groups in total. The Labute approximate surface area is 123 Å². The Kier molecular flexibility index (Phi) is 3.36. The SMILES string of the molecule is c1cc(OCC2CCNCC2)c2nc(C3CC3)sc2c1. The first-order valence-electron chi connectivity index (χ1n) is 7.63. The first kappa shape index (κ1) is 12.6. The molecule has 0 atom stereocenters. The lowest BCUT2D eigenvalue weighted by Gasteiger charge is -2.22. The van der Waals surface area contributed by atoms with Gasteiger partial charge in [0.15, 0.2) is 0 Å². The maximum absolute atomic E-state index is 6.09. The summed E-state index contributed by atoms with van der Waals surface area (Å²) in [6, 6.07) is 6.32. The standard InChI is InChI=1S/C16H20N2OS/c1-2-13(19-10-11-6-8-17-9-7-11)15-14(3-1)20-16(18-15)12-4-5-12/h1-3,11-12,17H,4-10H2. The zero-order chi connectivity index (χ0) is 13.4. The highest BCUT2D eigenvalue weighted by Crippen LogP contribution is 2.44. The number of para-hydroxylation sites is 1. The molecule has 0 radical (unpaired) electrons. The number of hydrogen-bond acceptors (Lipinski definition) is 4. The zero-order valence-electron chi connectivity index (χ0n) is 11.6. The minimum atomic E-state index is 0.688. The van der Waals surface area contributed by atoms with Crippen LogP contribution < -0.4 is 10.1 Å². The van der Waals surface area contributed by atoms with Crippen molar-refractivity contribution in [3.63, 3.8) is 0 Å². The van der Waals surface area contributed by atoms with E-state index in [1.807, 2.05) is 11.3 Å². The van der Waals surface area contributed by atoms with Crippen LogP contribution >= 0.6 is 11.3 Å². The first-order chi connectivity index (χ1) is 9.90. The van der Waals surface area contributed by atoms with E-state index in [-0.39, 0.29) is 0 Å².